The van der Waals surface area contributed by atoms with Gasteiger partial charge in [0.05, 0.1) is 5.56 Å². The third-order valence-electron chi connectivity index (χ3n) is 5.55. The number of rotatable bonds is 2. The van der Waals surface area contributed by atoms with Gasteiger partial charge in [-0.05, 0) is 56.5 Å². The fraction of sp³-hybridized carbons (Fsp3) is 0.318. The van der Waals surface area contributed by atoms with E-state index < -0.39 is 5.82 Å². The molecule has 26 heavy (non-hydrogen) atoms. The number of carbonyl (C=O) groups excluding carboxylic acids is 1. The third-order valence-corrected chi connectivity index (χ3v) is 5.55. The van der Waals surface area contributed by atoms with Gasteiger partial charge in [-0.1, -0.05) is 23.8 Å². The Morgan fingerprint density at radius 1 is 1.12 bits per heavy atom. The molecule has 0 radical (unpaired) electrons. The molecule has 1 aliphatic rings. The average molecular weight is 350 g/mol. The molecule has 0 atom stereocenters. The summed E-state index contributed by atoms with van der Waals surface area (Å²) >= 11 is 0. The molecule has 1 N–H and O–H groups in total. The number of likely N-dealkylation sites (tertiary alicyclic amines) is 1. The van der Waals surface area contributed by atoms with Crippen molar-refractivity contribution >= 4 is 16.8 Å². The number of aromatic amines is 1. The van der Waals surface area contributed by atoms with Crippen molar-refractivity contribution in [3.8, 4) is 0 Å². The minimum atomic E-state index is -0.443. The Hall–Kier alpha value is -2.62. The van der Waals surface area contributed by atoms with Gasteiger partial charge in [0.2, 0.25) is 0 Å². The van der Waals surface area contributed by atoms with Gasteiger partial charge >= 0.3 is 0 Å². The van der Waals surface area contributed by atoms with Crippen LogP contribution in [-0.2, 0) is 0 Å². The molecule has 0 bridgehead atoms. The van der Waals surface area contributed by atoms with Crippen molar-refractivity contribution in [1.82, 2.24) is 9.88 Å². The number of nitrogens with zero attached hydrogens (tertiary/aromatic N) is 1. The molecule has 0 unspecified atom stereocenters. The van der Waals surface area contributed by atoms with Crippen molar-refractivity contribution in [1.29, 1.82) is 0 Å². The van der Waals surface area contributed by atoms with Crippen LogP contribution in [0.1, 0.15) is 45.9 Å². The lowest BCUT2D eigenvalue weighted by Crippen LogP contribution is -2.38. The average Bonchev–Trinajstić information content (AvgIpc) is 2.98. The lowest BCUT2D eigenvalue weighted by Gasteiger charge is -2.32. The summed E-state index contributed by atoms with van der Waals surface area (Å²) in [5.41, 5.74) is 5.19. The zero-order valence-corrected chi connectivity index (χ0v) is 15.2. The number of piperidine rings is 1. The van der Waals surface area contributed by atoms with Crippen molar-refractivity contribution in [2.24, 2.45) is 0 Å². The van der Waals surface area contributed by atoms with Gasteiger partial charge < -0.3 is 9.88 Å². The number of amides is 1. The van der Waals surface area contributed by atoms with E-state index in [0.717, 1.165) is 12.8 Å². The van der Waals surface area contributed by atoms with Crippen LogP contribution in [0.15, 0.2) is 42.5 Å². The highest BCUT2D eigenvalue weighted by Crippen LogP contribution is 2.34. The lowest BCUT2D eigenvalue weighted by molar-refractivity contribution is 0.0707. The van der Waals surface area contributed by atoms with Crippen LogP contribution in [0.2, 0.25) is 0 Å². The van der Waals surface area contributed by atoms with Gasteiger partial charge in [-0.15, -0.1) is 0 Å². The Balaban J connectivity index is 1.51. The molecule has 1 saturated heterocycles. The van der Waals surface area contributed by atoms with E-state index in [1.165, 1.54) is 33.8 Å². The lowest BCUT2D eigenvalue weighted by atomic mass is 9.91. The largest absolute Gasteiger partial charge is 0.358 e. The molecule has 3 nitrogen and oxygen atoms in total. The number of benzene rings is 2. The molecule has 2 heterocycles. The summed E-state index contributed by atoms with van der Waals surface area (Å²) < 4.78 is 13.9. The van der Waals surface area contributed by atoms with E-state index in [9.17, 15) is 9.18 Å². The smallest absolute Gasteiger partial charge is 0.256 e. The molecular weight excluding hydrogens is 327 g/mol. The highest BCUT2D eigenvalue weighted by atomic mass is 19.1. The van der Waals surface area contributed by atoms with Crippen molar-refractivity contribution in [3.05, 3.63) is 70.7 Å². The van der Waals surface area contributed by atoms with Gasteiger partial charge in [0.15, 0.2) is 0 Å². The molecule has 1 fully saturated rings. The van der Waals surface area contributed by atoms with Crippen LogP contribution in [0.3, 0.4) is 0 Å². The first-order chi connectivity index (χ1) is 12.5. The number of hydrogen-bond acceptors (Lipinski definition) is 1. The quantitative estimate of drug-likeness (QED) is 0.698. The number of aromatic nitrogens is 1. The molecule has 1 amide bonds. The van der Waals surface area contributed by atoms with Crippen molar-refractivity contribution in [2.75, 3.05) is 13.1 Å². The first-order valence-corrected chi connectivity index (χ1v) is 9.17. The second-order valence-electron chi connectivity index (χ2n) is 7.26. The Morgan fingerprint density at radius 2 is 1.85 bits per heavy atom. The molecule has 4 heteroatoms. The van der Waals surface area contributed by atoms with Crippen LogP contribution < -0.4 is 0 Å². The summed E-state index contributed by atoms with van der Waals surface area (Å²) in [7, 11) is 0. The highest BCUT2D eigenvalue weighted by Gasteiger charge is 2.27. The molecule has 4 rings (SSSR count). The summed E-state index contributed by atoms with van der Waals surface area (Å²) in [4.78, 5) is 17.9. The molecule has 1 aromatic heterocycles. The van der Waals surface area contributed by atoms with Crippen LogP contribution in [0.5, 0.6) is 0 Å². The summed E-state index contributed by atoms with van der Waals surface area (Å²) in [6.45, 7) is 5.60. The van der Waals surface area contributed by atoms with Gasteiger partial charge in [0, 0.05) is 35.6 Å². The maximum absolute atomic E-state index is 13.9. The summed E-state index contributed by atoms with van der Waals surface area (Å²) in [5, 5.41) is 1.28. The van der Waals surface area contributed by atoms with E-state index in [0.29, 0.717) is 19.0 Å². The summed E-state index contributed by atoms with van der Waals surface area (Å²) in [5.74, 6) is -0.237. The van der Waals surface area contributed by atoms with E-state index in [2.05, 4.69) is 37.0 Å². The Bertz CT molecular complexity index is 967. The topological polar surface area (TPSA) is 36.1 Å². The second kappa shape index (κ2) is 6.60. The number of halogens is 1. The number of aryl methyl sites for hydroxylation is 2. The zero-order valence-electron chi connectivity index (χ0n) is 15.2. The number of fused-ring (bicyclic) bond motifs is 1. The Morgan fingerprint density at radius 3 is 2.58 bits per heavy atom. The zero-order chi connectivity index (χ0) is 18.3. The number of carbonyl (C=O) groups is 1. The molecule has 0 spiro atoms. The van der Waals surface area contributed by atoms with E-state index in [-0.39, 0.29) is 11.5 Å². The molecule has 1 aliphatic heterocycles. The van der Waals surface area contributed by atoms with Crippen LogP contribution in [0.25, 0.3) is 10.9 Å². The predicted octanol–water partition coefficient (Wildman–Crippen LogP) is 4.94. The molecule has 2 aromatic carbocycles. The molecule has 134 valence electrons. The maximum atomic E-state index is 13.9. The van der Waals surface area contributed by atoms with Gasteiger partial charge in [0.1, 0.15) is 5.82 Å². The van der Waals surface area contributed by atoms with Crippen molar-refractivity contribution < 1.29 is 9.18 Å². The predicted molar refractivity (Wildman–Crippen MR) is 102 cm³/mol. The Labute approximate surface area is 152 Å². The number of nitrogens with one attached hydrogen (secondary N) is 1. The normalized spacial score (nSPS) is 15.6. The molecule has 0 aliphatic carbocycles. The molecule has 3 aromatic rings. The van der Waals surface area contributed by atoms with E-state index in [1.54, 1.807) is 23.1 Å². The third kappa shape index (κ3) is 2.90. The fourth-order valence-corrected chi connectivity index (χ4v) is 4.05. The van der Waals surface area contributed by atoms with Crippen LogP contribution in [0.4, 0.5) is 4.39 Å². The van der Waals surface area contributed by atoms with Crippen LogP contribution >= 0.6 is 0 Å². The maximum Gasteiger partial charge on any atom is 0.256 e. The van der Waals surface area contributed by atoms with E-state index in [4.69, 9.17) is 0 Å². The van der Waals surface area contributed by atoms with Crippen molar-refractivity contribution in [3.63, 3.8) is 0 Å². The van der Waals surface area contributed by atoms with Gasteiger partial charge in [-0.25, -0.2) is 4.39 Å². The van der Waals surface area contributed by atoms with Crippen molar-refractivity contribution in [2.45, 2.75) is 32.6 Å². The van der Waals surface area contributed by atoms with Crippen LogP contribution in [-0.4, -0.2) is 28.9 Å². The number of hydrogen-bond donors (Lipinski definition) is 1. The number of H-pyrrole nitrogens is 1. The standard InChI is InChI=1S/C22H23FN2O/c1-14-7-8-20-18(13-14)15(2)21(24-20)16-9-11-25(12-10-16)22(26)17-5-3-4-6-19(17)23/h3-8,13,16,24H,9-12H2,1-2H3. The van der Waals surface area contributed by atoms with Gasteiger partial charge in [-0.2, -0.15) is 0 Å². The fourth-order valence-electron chi connectivity index (χ4n) is 4.05. The summed E-state index contributed by atoms with van der Waals surface area (Å²) in [6, 6.07) is 12.7. The first kappa shape index (κ1) is 16.8. The Kier molecular flexibility index (Phi) is 4.27. The van der Waals surface area contributed by atoms with E-state index >= 15 is 0 Å². The first-order valence-electron chi connectivity index (χ1n) is 9.17. The second-order valence-corrected chi connectivity index (χ2v) is 7.26. The van der Waals surface area contributed by atoms with Gasteiger partial charge in [0.25, 0.3) is 5.91 Å². The van der Waals surface area contributed by atoms with Crippen LogP contribution in [0, 0.1) is 19.7 Å². The molecular formula is C22H23FN2O. The molecule has 0 saturated carbocycles. The highest BCUT2D eigenvalue weighted by molar-refractivity contribution is 5.94. The minimum absolute atomic E-state index is 0.170. The monoisotopic (exact) mass is 350 g/mol. The minimum Gasteiger partial charge on any atom is -0.358 e. The van der Waals surface area contributed by atoms with Gasteiger partial charge in [-0.3, -0.25) is 4.79 Å². The SMILES string of the molecule is Cc1ccc2[nH]c(C3CCN(C(=O)c4ccccc4F)CC3)c(C)c2c1. The van der Waals surface area contributed by atoms with E-state index in [1.807, 2.05) is 0 Å². The summed E-state index contributed by atoms with van der Waals surface area (Å²) in [6.07, 6.45) is 1.79.